The van der Waals surface area contributed by atoms with E-state index in [1.54, 1.807) is 34.6 Å². The van der Waals surface area contributed by atoms with E-state index in [1.807, 2.05) is 6.07 Å². The quantitative estimate of drug-likeness (QED) is 0.647. The molecule has 158 valence electrons. The summed E-state index contributed by atoms with van der Waals surface area (Å²) in [6.07, 6.45) is 1.27. The van der Waals surface area contributed by atoms with Crippen LogP contribution >= 0.6 is 0 Å². The Bertz CT molecular complexity index is 1230. The third-order valence-corrected chi connectivity index (χ3v) is 7.72. The molecule has 1 aliphatic rings. The fourth-order valence-electron chi connectivity index (χ4n) is 3.34. The van der Waals surface area contributed by atoms with Crippen LogP contribution in [0.25, 0.3) is 22.4 Å². The molecule has 0 saturated carbocycles. The van der Waals surface area contributed by atoms with Crippen LogP contribution in [0.4, 0.5) is 10.2 Å². The monoisotopic (exact) mass is 455 g/mol. The Morgan fingerprint density at radius 3 is 2.61 bits per heavy atom. The van der Waals surface area contributed by atoms with E-state index in [0.717, 1.165) is 0 Å². The standard InChI is InChI=1S/C21H18FN5O2S2/c22-17-11-14(5-6-16(17)21-18(12-23)26-20(24)13-25-21)15-3-1-2-4-19(15)31(29)27-7-9-30(28)10-8-27/h1-6,11,13H,7-10H2,(H2,24,26). The molecule has 0 radical (unpaired) electrons. The molecule has 1 atom stereocenters. The lowest BCUT2D eigenvalue weighted by Crippen LogP contribution is -2.38. The summed E-state index contributed by atoms with van der Waals surface area (Å²) in [4.78, 5) is 8.53. The number of anilines is 1. The van der Waals surface area contributed by atoms with Crippen molar-refractivity contribution < 1.29 is 12.8 Å². The van der Waals surface area contributed by atoms with Gasteiger partial charge in [0.2, 0.25) is 0 Å². The highest BCUT2D eigenvalue weighted by atomic mass is 32.2. The number of nitriles is 1. The van der Waals surface area contributed by atoms with E-state index in [4.69, 9.17) is 5.73 Å². The SMILES string of the molecule is N#Cc1nc(N)cnc1-c1ccc(-c2ccccc2S(=O)N2CCS(=O)CC2)cc1F. The average molecular weight is 456 g/mol. The van der Waals surface area contributed by atoms with E-state index in [0.29, 0.717) is 40.6 Å². The Morgan fingerprint density at radius 2 is 1.90 bits per heavy atom. The molecular formula is C21H18FN5O2S2. The molecule has 31 heavy (non-hydrogen) atoms. The van der Waals surface area contributed by atoms with Crippen molar-refractivity contribution in [2.24, 2.45) is 0 Å². The number of nitrogens with zero attached hydrogens (tertiary/aromatic N) is 4. The third kappa shape index (κ3) is 4.39. The first-order valence-corrected chi connectivity index (χ1v) is 12.0. The number of halogens is 1. The van der Waals surface area contributed by atoms with Crippen LogP contribution in [0.15, 0.2) is 53.6 Å². The normalized spacial score (nSPS) is 16.0. The number of nitrogens with two attached hydrogens (primary N) is 1. The summed E-state index contributed by atoms with van der Waals surface area (Å²) in [5.41, 5.74) is 6.93. The first kappa shape index (κ1) is 21.2. The number of benzene rings is 2. The van der Waals surface area contributed by atoms with Gasteiger partial charge in [0, 0.05) is 41.0 Å². The van der Waals surface area contributed by atoms with E-state index in [9.17, 15) is 13.7 Å². The van der Waals surface area contributed by atoms with Gasteiger partial charge in [0.1, 0.15) is 34.4 Å². The maximum Gasteiger partial charge on any atom is 0.169 e. The summed E-state index contributed by atoms with van der Waals surface area (Å²) in [6, 6.07) is 13.5. The second kappa shape index (κ2) is 9.01. The molecule has 2 heterocycles. The molecule has 3 aromatic rings. The first-order valence-electron chi connectivity index (χ1n) is 9.41. The zero-order valence-electron chi connectivity index (χ0n) is 16.3. The molecule has 7 nitrogen and oxygen atoms in total. The van der Waals surface area contributed by atoms with Gasteiger partial charge in [-0.15, -0.1) is 0 Å². The van der Waals surface area contributed by atoms with Crippen molar-refractivity contribution in [3.05, 3.63) is 60.2 Å². The summed E-state index contributed by atoms with van der Waals surface area (Å²) >= 11 is 0. The first-order chi connectivity index (χ1) is 15.0. The van der Waals surface area contributed by atoms with E-state index < -0.39 is 27.6 Å². The van der Waals surface area contributed by atoms with E-state index in [-0.39, 0.29) is 22.8 Å². The summed E-state index contributed by atoms with van der Waals surface area (Å²) < 4.78 is 41.6. The Hall–Kier alpha value is -3.00. The van der Waals surface area contributed by atoms with Crippen LogP contribution in [0.3, 0.4) is 0 Å². The van der Waals surface area contributed by atoms with Gasteiger partial charge in [0.15, 0.2) is 5.69 Å². The summed E-state index contributed by atoms with van der Waals surface area (Å²) in [6.45, 7) is 0.960. The minimum absolute atomic E-state index is 0.0596. The van der Waals surface area contributed by atoms with Crippen LogP contribution in [0.5, 0.6) is 0 Å². The van der Waals surface area contributed by atoms with Crippen molar-refractivity contribution in [2.45, 2.75) is 4.90 Å². The summed E-state index contributed by atoms with van der Waals surface area (Å²) in [7, 11) is -2.33. The number of hydrogen-bond acceptors (Lipinski definition) is 6. The van der Waals surface area contributed by atoms with E-state index >= 15 is 4.39 Å². The third-order valence-electron chi connectivity index (χ3n) is 4.88. The average Bonchev–Trinajstić information content (AvgIpc) is 2.79. The van der Waals surface area contributed by atoms with Crippen LogP contribution in [-0.2, 0) is 21.8 Å². The Labute approximate surface area is 183 Å². The van der Waals surface area contributed by atoms with Crippen LogP contribution in [0.2, 0.25) is 0 Å². The lowest BCUT2D eigenvalue weighted by Gasteiger charge is -2.25. The van der Waals surface area contributed by atoms with Gasteiger partial charge in [-0.2, -0.15) is 5.26 Å². The van der Waals surface area contributed by atoms with E-state index in [2.05, 4.69) is 9.97 Å². The molecule has 1 aromatic heterocycles. The van der Waals surface area contributed by atoms with Crippen molar-refractivity contribution in [1.82, 2.24) is 14.3 Å². The molecule has 1 fully saturated rings. The molecule has 2 N–H and O–H groups in total. The number of aromatic nitrogens is 2. The summed E-state index contributed by atoms with van der Waals surface area (Å²) in [5.74, 6) is 0.472. The van der Waals surface area contributed by atoms with Crippen molar-refractivity contribution in [1.29, 1.82) is 5.26 Å². The van der Waals surface area contributed by atoms with Gasteiger partial charge in [-0.3, -0.25) is 4.21 Å². The van der Waals surface area contributed by atoms with E-state index in [1.165, 1.54) is 18.3 Å². The van der Waals surface area contributed by atoms with Crippen LogP contribution < -0.4 is 5.73 Å². The fourth-order valence-corrected chi connectivity index (χ4v) is 5.98. The minimum Gasteiger partial charge on any atom is -0.382 e. The largest absolute Gasteiger partial charge is 0.382 e. The summed E-state index contributed by atoms with van der Waals surface area (Å²) in [5, 5.41) is 9.28. The Kier molecular flexibility index (Phi) is 6.18. The maximum absolute atomic E-state index is 15.0. The van der Waals surface area contributed by atoms with Crippen molar-refractivity contribution in [3.8, 4) is 28.5 Å². The van der Waals surface area contributed by atoms with Gasteiger partial charge < -0.3 is 5.73 Å². The zero-order chi connectivity index (χ0) is 22.0. The van der Waals surface area contributed by atoms with Gasteiger partial charge in [-0.1, -0.05) is 24.3 Å². The van der Waals surface area contributed by atoms with Gasteiger partial charge in [0.25, 0.3) is 0 Å². The molecule has 1 saturated heterocycles. The van der Waals surface area contributed by atoms with Crippen molar-refractivity contribution >= 4 is 27.6 Å². The molecule has 1 aliphatic heterocycles. The van der Waals surface area contributed by atoms with Crippen LogP contribution in [0.1, 0.15) is 5.69 Å². The second-order valence-corrected chi connectivity index (χ2v) is 9.97. The molecule has 10 heteroatoms. The van der Waals surface area contributed by atoms with Crippen molar-refractivity contribution in [2.75, 3.05) is 30.3 Å². The van der Waals surface area contributed by atoms with Gasteiger partial charge in [0.05, 0.1) is 11.1 Å². The Morgan fingerprint density at radius 1 is 1.16 bits per heavy atom. The second-order valence-electron chi connectivity index (χ2n) is 6.82. The topological polar surface area (TPSA) is 113 Å². The van der Waals surface area contributed by atoms with Gasteiger partial charge in [-0.05, 0) is 29.3 Å². The molecule has 0 amide bonds. The number of rotatable bonds is 4. The molecular weight excluding hydrogens is 437 g/mol. The highest BCUT2D eigenvalue weighted by molar-refractivity contribution is 7.85. The fraction of sp³-hybridized carbons (Fsp3) is 0.190. The van der Waals surface area contributed by atoms with Gasteiger partial charge in [-0.25, -0.2) is 22.9 Å². The molecule has 0 spiro atoms. The minimum atomic E-state index is -1.46. The zero-order valence-corrected chi connectivity index (χ0v) is 18.0. The predicted octanol–water partition coefficient (Wildman–Crippen LogP) is 2.49. The smallest absolute Gasteiger partial charge is 0.169 e. The molecule has 0 bridgehead atoms. The lowest BCUT2D eigenvalue weighted by molar-refractivity contribution is 0.479. The highest BCUT2D eigenvalue weighted by Gasteiger charge is 2.24. The Balaban J connectivity index is 1.71. The number of nitrogen functional groups attached to an aromatic ring is 1. The van der Waals surface area contributed by atoms with Gasteiger partial charge >= 0.3 is 0 Å². The van der Waals surface area contributed by atoms with Crippen LogP contribution in [0, 0.1) is 17.1 Å². The maximum atomic E-state index is 15.0. The van der Waals surface area contributed by atoms with Crippen molar-refractivity contribution in [3.63, 3.8) is 0 Å². The molecule has 4 rings (SSSR count). The molecule has 0 aliphatic carbocycles. The number of hydrogen-bond donors (Lipinski definition) is 1. The lowest BCUT2D eigenvalue weighted by atomic mass is 10.0. The molecule has 2 aromatic carbocycles. The molecule has 1 unspecified atom stereocenters. The highest BCUT2D eigenvalue weighted by Crippen LogP contribution is 2.32. The predicted molar refractivity (Wildman–Crippen MR) is 118 cm³/mol. The van der Waals surface area contributed by atoms with Crippen LogP contribution in [-0.4, -0.2) is 47.3 Å².